The average molecular weight is 431 g/mol. The van der Waals surface area contributed by atoms with E-state index < -0.39 is 16.0 Å². The lowest BCUT2D eigenvalue weighted by Gasteiger charge is -2.31. The molecule has 1 saturated heterocycles. The highest BCUT2D eigenvalue weighted by Crippen LogP contribution is 2.28. The maximum Gasteiger partial charge on any atom is 0.335 e. The summed E-state index contributed by atoms with van der Waals surface area (Å²) in [6.07, 6.45) is 0.854. The van der Waals surface area contributed by atoms with Crippen LogP contribution < -0.4 is 5.32 Å². The van der Waals surface area contributed by atoms with Crippen LogP contribution in [0.2, 0.25) is 0 Å². The fourth-order valence-electron chi connectivity index (χ4n) is 3.65. The number of rotatable bonds is 6. The van der Waals surface area contributed by atoms with Crippen molar-refractivity contribution in [3.05, 3.63) is 64.7 Å². The summed E-state index contributed by atoms with van der Waals surface area (Å²) in [5, 5.41) is 12.2. The van der Waals surface area contributed by atoms with Gasteiger partial charge in [-0.25, -0.2) is 13.2 Å². The van der Waals surface area contributed by atoms with E-state index in [2.05, 4.69) is 5.32 Å². The van der Waals surface area contributed by atoms with Crippen LogP contribution in [0.1, 0.15) is 39.9 Å². The van der Waals surface area contributed by atoms with Crippen LogP contribution in [-0.4, -0.2) is 42.8 Å². The fourth-order valence-corrected chi connectivity index (χ4v) is 5.44. The first-order chi connectivity index (χ1) is 14.2. The Bertz CT molecular complexity index is 1040. The van der Waals surface area contributed by atoms with Crippen LogP contribution in [0.3, 0.4) is 0 Å². The number of nitrogens with one attached hydrogen (secondary N) is 1. The predicted octanol–water partition coefficient (Wildman–Crippen LogP) is 2.72. The third-order valence-electron chi connectivity index (χ3n) is 5.62. The van der Waals surface area contributed by atoms with E-state index in [0.29, 0.717) is 30.5 Å². The van der Waals surface area contributed by atoms with Gasteiger partial charge in [0.05, 0.1) is 10.5 Å². The SMILES string of the molecule is Cc1cc(C(=O)O)cc(S(=O)(=O)N2CCC(C(=O)NCc3ccccc3)CC2)c1C. The Morgan fingerprint density at radius 2 is 1.73 bits per heavy atom. The van der Waals surface area contributed by atoms with Crippen LogP contribution in [0.5, 0.6) is 0 Å². The molecule has 30 heavy (non-hydrogen) atoms. The van der Waals surface area contributed by atoms with E-state index in [1.807, 2.05) is 30.3 Å². The number of sulfonamides is 1. The van der Waals surface area contributed by atoms with Crippen molar-refractivity contribution >= 4 is 21.9 Å². The monoisotopic (exact) mass is 430 g/mol. The van der Waals surface area contributed by atoms with Crippen LogP contribution in [0.25, 0.3) is 0 Å². The number of nitrogens with zero attached hydrogens (tertiary/aromatic N) is 1. The zero-order chi connectivity index (χ0) is 21.9. The Morgan fingerprint density at radius 1 is 1.10 bits per heavy atom. The van der Waals surface area contributed by atoms with Crippen molar-refractivity contribution in [1.82, 2.24) is 9.62 Å². The second kappa shape index (κ2) is 8.97. The molecule has 1 aliphatic heterocycles. The second-order valence-electron chi connectivity index (χ2n) is 7.60. The highest BCUT2D eigenvalue weighted by molar-refractivity contribution is 7.89. The van der Waals surface area contributed by atoms with Crippen LogP contribution in [-0.2, 0) is 21.4 Å². The first kappa shape index (κ1) is 22.0. The molecule has 0 spiro atoms. The largest absolute Gasteiger partial charge is 0.478 e. The molecular weight excluding hydrogens is 404 g/mol. The average Bonchev–Trinajstić information content (AvgIpc) is 2.74. The van der Waals surface area contributed by atoms with Gasteiger partial charge in [-0.15, -0.1) is 0 Å². The fraction of sp³-hybridized carbons (Fsp3) is 0.364. The summed E-state index contributed by atoms with van der Waals surface area (Å²) in [6.45, 7) is 4.27. The molecule has 1 heterocycles. The number of hydrogen-bond donors (Lipinski definition) is 2. The minimum Gasteiger partial charge on any atom is -0.478 e. The van der Waals surface area contributed by atoms with Crippen molar-refractivity contribution in [3.63, 3.8) is 0 Å². The Morgan fingerprint density at radius 3 is 2.33 bits per heavy atom. The molecule has 2 N–H and O–H groups in total. The summed E-state index contributed by atoms with van der Waals surface area (Å²) >= 11 is 0. The molecule has 0 saturated carbocycles. The van der Waals surface area contributed by atoms with Crippen LogP contribution in [0.15, 0.2) is 47.4 Å². The highest BCUT2D eigenvalue weighted by atomic mass is 32.2. The lowest BCUT2D eigenvalue weighted by molar-refractivity contribution is -0.126. The first-order valence-electron chi connectivity index (χ1n) is 9.86. The van der Waals surface area contributed by atoms with Crippen molar-refractivity contribution in [3.8, 4) is 0 Å². The summed E-state index contributed by atoms with van der Waals surface area (Å²) in [5.74, 6) is -1.48. The zero-order valence-corrected chi connectivity index (χ0v) is 17.9. The number of carboxylic acid groups (broad SMARTS) is 1. The molecule has 0 bridgehead atoms. The number of aryl methyl sites for hydroxylation is 1. The van der Waals surface area contributed by atoms with Gasteiger partial charge in [0.1, 0.15) is 0 Å². The van der Waals surface area contributed by atoms with Gasteiger partial charge in [-0.3, -0.25) is 4.79 Å². The lowest BCUT2D eigenvalue weighted by Crippen LogP contribution is -2.43. The standard InChI is InChI=1S/C22H26N2O5S/c1-15-12-19(22(26)27)13-20(16(15)2)30(28,29)24-10-8-18(9-11-24)21(25)23-14-17-6-4-3-5-7-17/h3-7,12-13,18H,8-11,14H2,1-2H3,(H,23,25)(H,26,27). The number of aromatic carboxylic acids is 1. The smallest absolute Gasteiger partial charge is 0.335 e. The molecule has 0 aliphatic carbocycles. The van der Waals surface area contributed by atoms with E-state index in [1.54, 1.807) is 13.8 Å². The van der Waals surface area contributed by atoms with Gasteiger partial charge in [-0.1, -0.05) is 30.3 Å². The van der Waals surface area contributed by atoms with Gasteiger partial charge in [0, 0.05) is 25.6 Å². The molecule has 0 aromatic heterocycles. The van der Waals surface area contributed by atoms with Crippen molar-refractivity contribution in [2.75, 3.05) is 13.1 Å². The van der Waals surface area contributed by atoms with Crippen molar-refractivity contribution in [2.45, 2.75) is 38.1 Å². The Hall–Kier alpha value is -2.71. The van der Waals surface area contributed by atoms with Crippen LogP contribution in [0, 0.1) is 19.8 Å². The molecule has 2 aromatic rings. The molecule has 1 fully saturated rings. The van der Waals surface area contributed by atoms with Gasteiger partial charge in [-0.05, 0) is 55.5 Å². The van der Waals surface area contributed by atoms with E-state index in [1.165, 1.54) is 16.4 Å². The number of amides is 1. The van der Waals surface area contributed by atoms with Crippen molar-refractivity contribution < 1.29 is 23.1 Å². The molecule has 160 valence electrons. The van der Waals surface area contributed by atoms with E-state index >= 15 is 0 Å². The molecule has 0 radical (unpaired) electrons. The van der Waals surface area contributed by atoms with E-state index in [9.17, 15) is 23.1 Å². The maximum absolute atomic E-state index is 13.2. The van der Waals surface area contributed by atoms with Crippen LogP contribution in [0.4, 0.5) is 0 Å². The van der Waals surface area contributed by atoms with E-state index in [0.717, 1.165) is 5.56 Å². The van der Waals surface area contributed by atoms with Gasteiger partial charge in [-0.2, -0.15) is 4.31 Å². The third-order valence-corrected chi connectivity index (χ3v) is 7.64. The zero-order valence-electron chi connectivity index (χ0n) is 17.1. The van der Waals surface area contributed by atoms with Gasteiger partial charge in [0.2, 0.25) is 15.9 Å². The summed E-state index contributed by atoms with van der Waals surface area (Å²) in [4.78, 5) is 23.8. The van der Waals surface area contributed by atoms with Gasteiger partial charge in [0.25, 0.3) is 0 Å². The third kappa shape index (κ3) is 4.71. The molecule has 3 rings (SSSR count). The summed E-state index contributed by atoms with van der Waals surface area (Å²) in [5.41, 5.74) is 2.12. The van der Waals surface area contributed by atoms with Crippen LogP contribution >= 0.6 is 0 Å². The number of carbonyl (C=O) groups is 2. The van der Waals surface area contributed by atoms with Gasteiger partial charge >= 0.3 is 5.97 Å². The minimum atomic E-state index is -3.84. The molecule has 2 aromatic carbocycles. The lowest BCUT2D eigenvalue weighted by atomic mass is 9.97. The molecule has 8 heteroatoms. The Balaban J connectivity index is 1.67. The molecule has 0 unspecified atom stereocenters. The molecule has 7 nitrogen and oxygen atoms in total. The van der Waals surface area contributed by atoms with E-state index in [4.69, 9.17) is 0 Å². The normalized spacial score (nSPS) is 15.7. The van der Waals surface area contributed by atoms with Crippen molar-refractivity contribution in [1.29, 1.82) is 0 Å². The predicted molar refractivity (Wildman–Crippen MR) is 113 cm³/mol. The number of carboxylic acids is 1. The number of hydrogen-bond acceptors (Lipinski definition) is 4. The number of carbonyl (C=O) groups excluding carboxylic acids is 1. The molecular formula is C22H26N2O5S. The minimum absolute atomic E-state index is 0.0203. The quantitative estimate of drug-likeness (QED) is 0.733. The van der Waals surface area contributed by atoms with Gasteiger partial charge < -0.3 is 10.4 Å². The maximum atomic E-state index is 13.2. The van der Waals surface area contributed by atoms with E-state index in [-0.39, 0.29) is 35.4 Å². The van der Waals surface area contributed by atoms with Crippen molar-refractivity contribution in [2.24, 2.45) is 5.92 Å². The molecule has 0 atom stereocenters. The summed E-state index contributed by atoms with van der Waals surface area (Å²) < 4.78 is 27.7. The van der Waals surface area contributed by atoms with Gasteiger partial charge in [0.15, 0.2) is 0 Å². The Kier molecular flexibility index (Phi) is 6.58. The molecule has 1 aliphatic rings. The second-order valence-corrected chi connectivity index (χ2v) is 9.51. The number of piperidine rings is 1. The number of benzene rings is 2. The Labute approximate surface area is 176 Å². The molecule has 1 amide bonds. The summed E-state index contributed by atoms with van der Waals surface area (Å²) in [6, 6.07) is 12.3. The highest BCUT2D eigenvalue weighted by Gasteiger charge is 2.33. The topological polar surface area (TPSA) is 104 Å². The first-order valence-corrected chi connectivity index (χ1v) is 11.3. The summed E-state index contributed by atoms with van der Waals surface area (Å²) in [7, 11) is -3.84.